The van der Waals surface area contributed by atoms with Gasteiger partial charge in [0.2, 0.25) is 5.91 Å². The van der Waals surface area contributed by atoms with Gasteiger partial charge in [-0.25, -0.2) is 9.18 Å². The lowest BCUT2D eigenvalue weighted by Crippen LogP contribution is -2.37. The van der Waals surface area contributed by atoms with Gasteiger partial charge in [-0.15, -0.1) is 0 Å². The molecule has 0 radical (unpaired) electrons. The van der Waals surface area contributed by atoms with Crippen LogP contribution in [0.2, 0.25) is 0 Å². The largest absolute Gasteiger partial charge is 0.466 e. The molecule has 1 atom stereocenters. The Hall–Kier alpha value is -2.79. The second-order valence-corrected chi connectivity index (χ2v) is 8.64. The number of thioether (sulfide) groups is 1. The minimum Gasteiger partial charge on any atom is -0.466 e. The first kappa shape index (κ1) is 22.9. The number of methoxy groups -OCH3 is 1. The first-order valence-corrected chi connectivity index (χ1v) is 11.3. The predicted octanol–water partition coefficient (Wildman–Crippen LogP) is 3.88. The van der Waals surface area contributed by atoms with E-state index in [1.54, 1.807) is 25.1 Å². The van der Waals surface area contributed by atoms with E-state index < -0.39 is 17.7 Å². The summed E-state index contributed by atoms with van der Waals surface area (Å²) in [6.07, 6.45) is 5.41. The topological polar surface area (TPSA) is 91.2 Å². The number of dihydropyridines is 1. The molecule has 1 aromatic rings. The third-order valence-corrected chi connectivity index (χ3v) is 6.60. The van der Waals surface area contributed by atoms with Gasteiger partial charge < -0.3 is 15.4 Å². The van der Waals surface area contributed by atoms with Crippen molar-refractivity contribution in [3.05, 3.63) is 57.5 Å². The van der Waals surface area contributed by atoms with Gasteiger partial charge in [0, 0.05) is 17.3 Å². The molecule has 0 unspecified atom stereocenters. The molecule has 2 N–H and O–H groups in total. The number of carbonyl (C=O) groups excluding carboxylic acids is 2. The number of amides is 1. The van der Waals surface area contributed by atoms with E-state index >= 15 is 0 Å². The molecule has 6 nitrogen and oxygen atoms in total. The number of nitriles is 1. The number of rotatable bonds is 6. The average Bonchev–Trinajstić information content (AvgIpc) is 2.77. The SMILES string of the molecule is COC(=O)C1=C(C)NC(SCC(=O)NC2CCCCC2)=C(C#N)[C@H]1c1ccccc1F. The van der Waals surface area contributed by atoms with E-state index in [1.807, 2.05) is 0 Å². The van der Waals surface area contributed by atoms with Crippen LogP contribution in [0.3, 0.4) is 0 Å². The van der Waals surface area contributed by atoms with Crippen LogP contribution in [0.1, 0.15) is 50.5 Å². The minimum absolute atomic E-state index is 0.105. The fourth-order valence-corrected chi connectivity index (χ4v) is 4.98. The number of ether oxygens (including phenoxy) is 1. The van der Waals surface area contributed by atoms with E-state index in [9.17, 15) is 19.2 Å². The zero-order valence-electron chi connectivity index (χ0n) is 17.7. The standard InChI is InChI=1S/C23H26FN3O3S/c1-14-20(23(29)30-2)21(16-10-6-7-11-18(16)24)17(12-25)22(26-14)31-13-19(28)27-15-8-4-3-5-9-15/h6-7,10-11,15,21,26H,3-5,8-9,13H2,1-2H3,(H,27,28)/t21-/m1/s1. The van der Waals surface area contributed by atoms with E-state index in [1.165, 1.54) is 31.4 Å². The van der Waals surface area contributed by atoms with Gasteiger partial charge in [0.25, 0.3) is 0 Å². The summed E-state index contributed by atoms with van der Waals surface area (Å²) < 4.78 is 19.6. The van der Waals surface area contributed by atoms with Gasteiger partial charge in [0.15, 0.2) is 0 Å². The van der Waals surface area contributed by atoms with Gasteiger partial charge in [-0.1, -0.05) is 49.2 Å². The third-order valence-electron chi connectivity index (χ3n) is 5.59. The number of allylic oxidation sites excluding steroid dienone is 2. The highest BCUT2D eigenvalue weighted by molar-refractivity contribution is 8.03. The summed E-state index contributed by atoms with van der Waals surface area (Å²) in [6, 6.07) is 8.37. The van der Waals surface area contributed by atoms with Crippen LogP contribution in [-0.4, -0.2) is 30.8 Å². The van der Waals surface area contributed by atoms with Crippen molar-refractivity contribution < 1.29 is 18.7 Å². The summed E-state index contributed by atoms with van der Waals surface area (Å²) in [7, 11) is 1.25. The zero-order chi connectivity index (χ0) is 22.4. The molecule has 1 aliphatic heterocycles. The molecule has 1 amide bonds. The van der Waals surface area contributed by atoms with Crippen molar-refractivity contribution in [3.8, 4) is 6.07 Å². The molecule has 2 aliphatic rings. The Balaban J connectivity index is 1.87. The van der Waals surface area contributed by atoms with Crippen LogP contribution in [0.4, 0.5) is 4.39 Å². The van der Waals surface area contributed by atoms with Gasteiger partial charge in [-0.05, 0) is 25.8 Å². The van der Waals surface area contributed by atoms with Crippen molar-refractivity contribution in [1.82, 2.24) is 10.6 Å². The fourth-order valence-electron chi connectivity index (χ4n) is 4.08. The molecule has 1 aromatic carbocycles. The summed E-state index contributed by atoms with van der Waals surface area (Å²) in [5.41, 5.74) is 1.05. The number of carbonyl (C=O) groups is 2. The molecule has 0 spiro atoms. The van der Waals surface area contributed by atoms with E-state index in [0.29, 0.717) is 10.7 Å². The van der Waals surface area contributed by atoms with E-state index in [4.69, 9.17) is 4.74 Å². The number of hydrogen-bond donors (Lipinski definition) is 2. The van der Waals surface area contributed by atoms with Crippen LogP contribution in [0.15, 0.2) is 46.1 Å². The molecule has 31 heavy (non-hydrogen) atoms. The van der Waals surface area contributed by atoms with Crippen LogP contribution in [0.5, 0.6) is 0 Å². The maximum atomic E-state index is 14.7. The van der Waals surface area contributed by atoms with Crippen LogP contribution >= 0.6 is 11.8 Å². The van der Waals surface area contributed by atoms with Gasteiger partial charge in [0.1, 0.15) is 5.82 Å². The second-order valence-electron chi connectivity index (χ2n) is 7.66. The third kappa shape index (κ3) is 5.28. The minimum atomic E-state index is -0.913. The lowest BCUT2D eigenvalue weighted by atomic mass is 9.82. The van der Waals surface area contributed by atoms with Crippen molar-refractivity contribution in [1.29, 1.82) is 5.26 Å². The smallest absolute Gasteiger partial charge is 0.336 e. The molecule has 8 heteroatoms. The van der Waals surface area contributed by atoms with Crippen molar-refractivity contribution in [3.63, 3.8) is 0 Å². The Kier molecular flexibility index (Phi) is 7.75. The van der Waals surface area contributed by atoms with Crippen molar-refractivity contribution in [2.24, 2.45) is 0 Å². The Morgan fingerprint density at radius 1 is 1.29 bits per heavy atom. The Bertz CT molecular complexity index is 961. The Labute approximate surface area is 185 Å². The molecule has 1 aliphatic carbocycles. The molecule has 1 fully saturated rings. The summed E-state index contributed by atoms with van der Waals surface area (Å²) >= 11 is 1.18. The first-order valence-electron chi connectivity index (χ1n) is 10.3. The van der Waals surface area contributed by atoms with E-state index in [-0.39, 0.29) is 34.4 Å². The number of nitrogens with one attached hydrogen (secondary N) is 2. The zero-order valence-corrected chi connectivity index (χ0v) is 18.5. The van der Waals surface area contributed by atoms with E-state index in [0.717, 1.165) is 25.7 Å². The number of halogens is 1. The van der Waals surface area contributed by atoms with Crippen molar-refractivity contribution >= 4 is 23.6 Å². The Morgan fingerprint density at radius 2 is 2.00 bits per heavy atom. The van der Waals surface area contributed by atoms with E-state index in [2.05, 4.69) is 16.7 Å². The lowest BCUT2D eigenvalue weighted by molar-refractivity contribution is -0.136. The monoisotopic (exact) mass is 443 g/mol. The summed E-state index contributed by atoms with van der Waals surface area (Å²) in [5.74, 6) is -2.05. The second kappa shape index (κ2) is 10.5. The van der Waals surface area contributed by atoms with Crippen LogP contribution < -0.4 is 10.6 Å². The summed E-state index contributed by atoms with van der Waals surface area (Å²) in [6.45, 7) is 1.68. The van der Waals surface area contributed by atoms with Gasteiger partial charge in [0.05, 0.1) is 41.0 Å². The first-order chi connectivity index (χ1) is 15.0. The van der Waals surface area contributed by atoms with Crippen LogP contribution in [0, 0.1) is 17.1 Å². The summed E-state index contributed by atoms with van der Waals surface area (Å²) in [4.78, 5) is 24.9. The number of nitrogens with zero attached hydrogens (tertiary/aromatic N) is 1. The molecule has 0 saturated heterocycles. The molecule has 0 aromatic heterocycles. The molecular formula is C23H26FN3O3S. The van der Waals surface area contributed by atoms with Crippen molar-refractivity contribution in [2.45, 2.75) is 51.0 Å². The normalized spacial score (nSPS) is 19.5. The average molecular weight is 444 g/mol. The number of hydrogen-bond acceptors (Lipinski definition) is 6. The van der Waals surface area contributed by atoms with Crippen LogP contribution in [-0.2, 0) is 14.3 Å². The highest BCUT2D eigenvalue weighted by atomic mass is 32.2. The van der Waals surface area contributed by atoms with Crippen molar-refractivity contribution in [2.75, 3.05) is 12.9 Å². The molecule has 164 valence electrons. The van der Waals surface area contributed by atoms with Gasteiger partial charge in [-0.2, -0.15) is 5.26 Å². The molecule has 1 saturated carbocycles. The number of benzene rings is 1. The quantitative estimate of drug-likeness (QED) is 0.649. The predicted molar refractivity (Wildman–Crippen MR) is 117 cm³/mol. The summed E-state index contributed by atoms with van der Waals surface area (Å²) in [5, 5.41) is 16.5. The molecule has 0 bridgehead atoms. The Morgan fingerprint density at radius 3 is 2.65 bits per heavy atom. The highest BCUT2D eigenvalue weighted by Crippen LogP contribution is 2.41. The molecule has 3 rings (SSSR count). The molecule has 1 heterocycles. The van der Waals surface area contributed by atoms with Gasteiger partial charge >= 0.3 is 5.97 Å². The lowest BCUT2D eigenvalue weighted by Gasteiger charge is -2.29. The fraction of sp³-hybridized carbons (Fsp3) is 0.435. The van der Waals surface area contributed by atoms with Crippen LogP contribution in [0.25, 0.3) is 0 Å². The maximum Gasteiger partial charge on any atom is 0.336 e. The maximum absolute atomic E-state index is 14.7. The van der Waals surface area contributed by atoms with Gasteiger partial charge in [-0.3, -0.25) is 4.79 Å². The number of esters is 1. The molecular weight excluding hydrogens is 417 g/mol. The highest BCUT2D eigenvalue weighted by Gasteiger charge is 2.36.